The number of nitrogens with one attached hydrogen (secondary N) is 1. The number of benzene rings is 2. The fourth-order valence-electron chi connectivity index (χ4n) is 3.26. The second-order valence-electron chi connectivity index (χ2n) is 6.79. The van der Waals surface area contributed by atoms with Gasteiger partial charge in [-0.2, -0.15) is 0 Å². The van der Waals surface area contributed by atoms with Crippen LogP contribution in [0, 0.1) is 12.7 Å². The molecule has 0 saturated carbocycles. The minimum Gasteiger partial charge on any atom is -0.365 e. The predicted molar refractivity (Wildman–Crippen MR) is 96.6 cm³/mol. The molecule has 1 aromatic heterocycles. The number of aromatic amines is 1. The monoisotopic (exact) mass is 371 g/mol. The van der Waals surface area contributed by atoms with E-state index in [0.717, 1.165) is 16.6 Å². The number of alkyl halides is 1. The molecule has 0 spiro atoms. The van der Waals surface area contributed by atoms with Gasteiger partial charge in [-0.3, -0.25) is 4.79 Å². The van der Waals surface area contributed by atoms with Crippen molar-refractivity contribution in [1.29, 1.82) is 0 Å². The van der Waals surface area contributed by atoms with Crippen molar-refractivity contribution in [2.45, 2.75) is 25.8 Å². The van der Waals surface area contributed by atoms with Crippen LogP contribution in [0.1, 0.15) is 21.7 Å². The van der Waals surface area contributed by atoms with Crippen molar-refractivity contribution in [2.75, 3.05) is 13.1 Å². The number of fused-ring (bicyclic) bond motifs is 1. The molecule has 1 amide bonds. The second kappa shape index (κ2) is 7.08. The standard InChI is InChI=1S/C20H19F2N3O2/c1-12-2-7-16-17(8-12)24-19(23-16)11-27-18-10-25(9-15(18)22)20(26)13-3-5-14(21)6-4-13/h2-8,15,18H,9-11H2,1H3,(H,23,24). The van der Waals surface area contributed by atoms with Crippen LogP contribution in [-0.2, 0) is 11.3 Å². The van der Waals surface area contributed by atoms with Gasteiger partial charge >= 0.3 is 0 Å². The van der Waals surface area contributed by atoms with Crippen molar-refractivity contribution >= 4 is 16.9 Å². The Kier molecular flexibility index (Phi) is 4.61. The number of aromatic nitrogens is 2. The van der Waals surface area contributed by atoms with Crippen LogP contribution in [0.3, 0.4) is 0 Å². The number of ether oxygens (including phenoxy) is 1. The van der Waals surface area contributed by atoms with Crippen molar-refractivity contribution in [1.82, 2.24) is 14.9 Å². The molecule has 0 bridgehead atoms. The molecule has 1 fully saturated rings. The van der Waals surface area contributed by atoms with Gasteiger partial charge in [0.25, 0.3) is 5.91 Å². The van der Waals surface area contributed by atoms with Gasteiger partial charge in [-0.05, 0) is 48.9 Å². The normalized spacial score (nSPS) is 19.7. The van der Waals surface area contributed by atoms with Gasteiger partial charge < -0.3 is 14.6 Å². The van der Waals surface area contributed by atoms with Gasteiger partial charge in [-0.25, -0.2) is 13.8 Å². The van der Waals surface area contributed by atoms with Crippen LogP contribution in [-0.4, -0.2) is 46.1 Å². The van der Waals surface area contributed by atoms with Gasteiger partial charge in [0.15, 0.2) is 0 Å². The summed E-state index contributed by atoms with van der Waals surface area (Å²) in [6, 6.07) is 11.1. The number of H-pyrrole nitrogens is 1. The van der Waals surface area contributed by atoms with Crippen LogP contribution in [0.2, 0.25) is 0 Å². The zero-order chi connectivity index (χ0) is 19.0. The average Bonchev–Trinajstić information content (AvgIpc) is 3.22. The first-order valence-corrected chi connectivity index (χ1v) is 8.75. The lowest BCUT2D eigenvalue weighted by Crippen LogP contribution is -2.30. The molecule has 4 rings (SSSR count). The minimum atomic E-state index is -1.28. The molecule has 2 atom stereocenters. The summed E-state index contributed by atoms with van der Waals surface area (Å²) < 4.78 is 33.0. The number of nitrogens with zero attached hydrogens (tertiary/aromatic N) is 2. The van der Waals surface area contributed by atoms with Gasteiger partial charge in [0, 0.05) is 5.56 Å². The number of hydrogen-bond acceptors (Lipinski definition) is 3. The maximum atomic E-state index is 14.3. The lowest BCUT2D eigenvalue weighted by Gasteiger charge is -2.16. The molecule has 1 N–H and O–H groups in total. The topological polar surface area (TPSA) is 58.2 Å². The first-order chi connectivity index (χ1) is 13.0. The number of amides is 1. The van der Waals surface area contributed by atoms with Gasteiger partial charge in [0.1, 0.15) is 30.5 Å². The maximum Gasteiger partial charge on any atom is 0.254 e. The zero-order valence-corrected chi connectivity index (χ0v) is 14.8. The third-order valence-electron chi connectivity index (χ3n) is 4.70. The first kappa shape index (κ1) is 17.6. The number of rotatable bonds is 4. The SMILES string of the molecule is Cc1ccc2nc(COC3CN(C(=O)c4ccc(F)cc4)CC3F)[nH]c2c1. The Hall–Kier alpha value is -2.80. The van der Waals surface area contributed by atoms with E-state index in [1.54, 1.807) is 0 Å². The summed E-state index contributed by atoms with van der Waals surface area (Å²) >= 11 is 0. The van der Waals surface area contributed by atoms with Gasteiger partial charge in [0.2, 0.25) is 0 Å². The summed E-state index contributed by atoms with van der Waals surface area (Å²) in [6.45, 7) is 2.24. The molecule has 2 unspecified atom stereocenters. The van der Waals surface area contributed by atoms with E-state index in [2.05, 4.69) is 9.97 Å². The van der Waals surface area contributed by atoms with E-state index in [9.17, 15) is 13.6 Å². The number of imidazole rings is 1. The highest BCUT2D eigenvalue weighted by atomic mass is 19.1. The van der Waals surface area contributed by atoms with Crippen LogP contribution in [0.4, 0.5) is 8.78 Å². The van der Waals surface area contributed by atoms with E-state index in [1.165, 1.54) is 29.2 Å². The average molecular weight is 371 g/mol. The molecule has 2 aromatic carbocycles. The van der Waals surface area contributed by atoms with Crippen molar-refractivity contribution in [3.8, 4) is 0 Å². The van der Waals surface area contributed by atoms with E-state index < -0.39 is 18.1 Å². The highest BCUT2D eigenvalue weighted by molar-refractivity contribution is 5.94. The lowest BCUT2D eigenvalue weighted by atomic mass is 10.2. The zero-order valence-electron chi connectivity index (χ0n) is 14.8. The number of likely N-dealkylation sites (tertiary alicyclic amines) is 1. The van der Waals surface area contributed by atoms with Crippen LogP contribution in [0.5, 0.6) is 0 Å². The van der Waals surface area contributed by atoms with E-state index in [-0.39, 0.29) is 25.6 Å². The molecular weight excluding hydrogens is 352 g/mol. The summed E-state index contributed by atoms with van der Waals surface area (Å²) in [5.41, 5.74) is 3.19. The number of carbonyl (C=O) groups is 1. The van der Waals surface area contributed by atoms with Crippen LogP contribution < -0.4 is 0 Å². The molecule has 2 heterocycles. The second-order valence-corrected chi connectivity index (χ2v) is 6.79. The first-order valence-electron chi connectivity index (χ1n) is 8.75. The van der Waals surface area contributed by atoms with Crippen LogP contribution in [0.15, 0.2) is 42.5 Å². The number of aryl methyl sites for hydroxylation is 1. The quantitative estimate of drug-likeness (QED) is 0.765. The Morgan fingerprint density at radius 2 is 2.04 bits per heavy atom. The van der Waals surface area contributed by atoms with E-state index in [0.29, 0.717) is 11.4 Å². The molecule has 3 aromatic rings. The molecular formula is C20H19F2N3O2. The summed E-state index contributed by atoms with van der Waals surface area (Å²) in [4.78, 5) is 21.4. The Balaban J connectivity index is 1.39. The van der Waals surface area contributed by atoms with E-state index in [1.807, 2.05) is 25.1 Å². The maximum absolute atomic E-state index is 14.3. The molecule has 0 radical (unpaired) electrons. The molecule has 1 aliphatic heterocycles. The number of carbonyl (C=O) groups excluding carboxylic acids is 1. The van der Waals surface area contributed by atoms with Crippen molar-refractivity contribution in [2.24, 2.45) is 0 Å². The van der Waals surface area contributed by atoms with Gasteiger partial charge in [-0.1, -0.05) is 6.07 Å². The highest BCUT2D eigenvalue weighted by Crippen LogP contribution is 2.21. The van der Waals surface area contributed by atoms with Crippen molar-refractivity contribution in [3.63, 3.8) is 0 Å². The highest BCUT2D eigenvalue weighted by Gasteiger charge is 2.36. The summed E-state index contributed by atoms with van der Waals surface area (Å²) in [7, 11) is 0. The summed E-state index contributed by atoms with van der Waals surface area (Å²) in [5, 5.41) is 0. The van der Waals surface area contributed by atoms with Crippen molar-refractivity contribution in [3.05, 3.63) is 65.2 Å². The van der Waals surface area contributed by atoms with E-state index >= 15 is 0 Å². The van der Waals surface area contributed by atoms with Gasteiger partial charge in [-0.15, -0.1) is 0 Å². The molecule has 27 heavy (non-hydrogen) atoms. The molecule has 1 saturated heterocycles. The molecule has 5 nitrogen and oxygen atoms in total. The predicted octanol–water partition coefficient (Wildman–Crippen LogP) is 3.39. The lowest BCUT2D eigenvalue weighted by molar-refractivity contribution is 0.00887. The Morgan fingerprint density at radius 3 is 2.81 bits per heavy atom. The Morgan fingerprint density at radius 1 is 1.26 bits per heavy atom. The summed E-state index contributed by atoms with van der Waals surface area (Å²) in [5.74, 6) is -0.132. The largest absolute Gasteiger partial charge is 0.365 e. The third-order valence-corrected chi connectivity index (χ3v) is 4.70. The van der Waals surface area contributed by atoms with Crippen molar-refractivity contribution < 1.29 is 18.3 Å². The van der Waals surface area contributed by atoms with Crippen LogP contribution in [0.25, 0.3) is 11.0 Å². The van der Waals surface area contributed by atoms with Gasteiger partial charge in [0.05, 0.1) is 24.1 Å². The molecule has 1 aliphatic rings. The fourth-order valence-corrected chi connectivity index (χ4v) is 3.26. The van der Waals surface area contributed by atoms with Crippen LogP contribution >= 0.6 is 0 Å². The molecule has 0 aliphatic carbocycles. The molecule has 140 valence electrons. The third kappa shape index (κ3) is 3.68. The van der Waals surface area contributed by atoms with E-state index in [4.69, 9.17) is 4.74 Å². The molecule has 7 heteroatoms. The minimum absolute atomic E-state index is 0.0415. The smallest absolute Gasteiger partial charge is 0.254 e. The number of hydrogen-bond donors (Lipinski definition) is 1. The Bertz CT molecular complexity index is 971. The Labute approximate surface area is 155 Å². The number of halogens is 2. The fraction of sp³-hybridized carbons (Fsp3) is 0.300. The summed E-state index contributed by atoms with van der Waals surface area (Å²) in [6.07, 6.45) is -2.00.